The Labute approximate surface area is 207 Å². The minimum atomic E-state index is -0.266. The summed E-state index contributed by atoms with van der Waals surface area (Å²) in [5.74, 6) is 0.344. The SMILES string of the molecule is O=C1S/C(=C/c2ccccc2OCc2ccc(Cl)c(Cl)c2)C(=O)N1CCCc1ccccc1. The Kier molecular flexibility index (Phi) is 7.76. The molecule has 1 saturated heterocycles. The number of imide groups is 1. The van der Waals surface area contributed by atoms with Crippen LogP contribution in [0, 0.1) is 0 Å². The minimum absolute atomic E-state index is 0.242. The molecule has 4 rings (SSSR count). The lowest BCUT2D eigenvalue weighted by molar-refractivity contribution is -0.122. The molecule has 3 aromatic carbocycles. The number of ether oxygens (including phenoxy) is 1. The fourth-order valence-corrected chi connectivity index (χ4v) is 4.62. The molecule has 3 aromatic rings. The molecule has 1 aliphatic heterocycles. The fraction of sp³-hybridized carbons (Fsp3) is 0.154. The normalized spacial score (nSPS) is 14.8. The molecule has 1 fully saturated rings. The van der Waals surface area contributed by atoms with Crippen molar-refractivity contribution in [3.05, 3.63) is 104 Å². The van der Waals surface area contributed by atoms with E-state index in [1.54, 1.807) is 18.2 Å². The first kappa shape index (κ1) is 23.4. The van der Waals surface area contributed by atoms with Crippen molar-refractivity contribution in [1.82, 2.24) is 4.90 Å². The molecular weight excluding hydrogens is 477 g/mol. The molecule has 168 valence electrons. The number of para-hydroxylation sites is 1. The highest BCUT2D eigenvalue weighted by Crippen LogP contribution is 2.34. The lowest BCUT2D eigenvalue weighted by Gasteiger charge is -2.12. The van der Waals surface area contributed by atoms with E-state index in [9.17, 15) is 9.59 Å². The van der Waals surface area contributed by atoms with Crippen LogP contribution in [0.25, 0.3) is 6.08 Å². The number of nitrogens with zero attached hydrogens (tertiary/aromatic N) is 1. The molecule has 0 aromatic heterocycles. The fourth-order valence-electron chi connectivity index (χ4n) is 3.44. The number of carbonyl (C=O) groups is 2. The van der Waals surface area contributed by atoms with Gasteiger partial charge >= 0.3 is 0 Å². The highest BCUT2D eigenvalue weighted by molar-refractivity contribution is 8.18. The largest absolute Gasteiger partial charge is 0.488 e. The molecule has 1 heterocycles. The summed E-state index contributed by atoms with van der Waals surface area (Å²) in [6.45, 7) is 0.690. The summed E-state index contributed by atoms with van der Waals surface area (Å²) < 4.78 is 5.97. The van der Waals surface area contributed by atoms with E-state index in [4.69, 9.17) is 27.9 Å². The van der Waals surface area contributed by atoms with Crippen molar-refractivity contribution in [2.24, 2.45) is 0 Å². The van der Waals surface area contributed by atoms with Crippen molar-refractivity contribution >= 4 is 52.2 Å². The van der Waals surface area contributed by atoms with Gasteiger partial charge in [0.1, 0.15) is 12.4 Å². The Morgan fingerprint density at radius 1 is 0.879 bits per heavy atom. The van der Waals surface area contributed by atoms with Crippen LogP contribution in [0.1, 0.15) is 23.1 Å². The topological polar surface area (TPSA) is 46.6 Å². The van der Waals surface area contributed by atoms with Gasteiger partial charge in [-0.3, -0.25) is 14.5 Å². The van der Waals surface area contributed by atoms with Gasteiger partial charge in [0, 0.05) is 12.1 Å². The van der Waals surface area contributed by atoms with Crippen LogP contribution >= 0.6 is 35.0 Å². The third-order valence-electron chi connectivity index (χ3n) is 5.15. The number of halogens is 2. The predicted molar refractivity (Wildman–Crippen MR) is 135 cm³/mol. The average Bonchev–Trinajstić information content (AvgIpc) is 3.08. The monoisotopic (exact) mass is 497 g/mol. The number of amides is 2. The lowest BCUT2D eigenvalue weighted by Crippen LogP contribution is -2.29. The van der Waals surface area contributed by atoms with Gasteiger partial charge in [-0.1, -0.05) is 77.8 Å². The third-order valence-corrected chi connectivity index (χ3v) is 6.79. The summed E-state index contributed by atoms with van der Waals surface area (Å²) in [5, 5.41) is 0.709. The van der Waals surface area contributed by atoms with Crippen molar-refractivity contribution in [3.8, 4) is 5.75 Å². The molecule has 0 saturated carbocycles. The molecule has 0 radical (unpaired) electrons. The number of benzene rings is 3. The summed E-state index contributed by atoms with van der Waals surface area (Å²) in [6, 6.07) is 22.8. The van der Waals surface area contributed by atoms with E-state index in [2.05, 4.69) is 0 Å². The van der Waals surface area contributed by atoms with E-state index >= 15 is 0 Å². The predicted octanol–water partition coefficient (Wildman–Crippen LogP) is 7.24. The van der Waals surface area contributed by atoms with Gasteiger partial charge in [0.15, 0.2) is 0 Å². The first-order valence-corrected chi connectivity index (χ1v) is 12.0. The number of aryl methyl sites for hydroxylation is 1. The van der Waals surface area contributed by atoms with Gasteiger partial charge in [0.2, 0.25) is 0 Å². The molecule has 0 bridgehead atoms. The molecule has 0 aliphatic carbocycles. The van der Waals surface area contributed by atoms with Gasteiger partial charge in [0.05, 0.1) is 15.0 Å². The highest BCUT2D eigenvalue weighted by atomic mass is 35.5. The zero-order valence-corrected chi connectivity index (χ0v) is 20.0. The third kappa shape index (κ3) is 5.99. The summed E-state index contributed by atoms with van der Waals surface area (Å²) in [6.07, 6.45) is 3.25. The van der Waals surface area contributed by atoms with E-state index < -0.39 is 0 Å². The molecule has 0 spiro atoms. The van der Waals surface area contributed by atoms with E-state index in [1.165, 1.54) is 10.5 Å². The van der Waals surface area contributed by atoms with Crippen LogP contribution in [0.15, 0.2) is 77.7 Å². The number of rotatable bonds is 8. The van der Waals surface area contributed by atoms with Crippen LogP contribution in [-0.2, 0) is 17.8 Å². The number of thioether (sulfide) groups is 1. The van der Waals surface area contributed by atoms with E-state index in [1.807, 2.05) is 60.7 Å². The van der Waals surface area contributed by atoms with E-state index in [0.717, 1.165) is 35.7 Å². The maximum atomic E-state index is 12.9. The standard InChI is InChI=1S/C26H21Cl2NO3S/c27-21-13-12-19(15-22(21)28)17-32-23-11-5-4-10-20(23)16-24-25(30)29(26(31)33-24)14-6-9-18-7-2-1-3-8-18/h1-5,7-8,10-13,15-16H,6,9,14,17H2/b24-16+. The summed E-state index contributed by atoms with van der Waals surface area (Å²) in [7, 11) is 0. The Morgan fingerprint density at radius 2 is 1.64 bits per heavy atom. The van der Waals surface area contributed by atoms with E-state index in [-0.39, 0.29) is 11.1 Å². The molecule has 0 unspecified atom stereocenters. The lowest BCUT2D eigenvalue weighted by atomic mass is 10.1. The van der Waals surface area contributed by atoms with Crippen LogP contribution in [0.2, 0.25) is 10.0 Å². The second-order valence-corrected chi connectivity index (χ2v) is 9.31. The molecule has 4 nitrogen and oxygen atoms in total. The number of carbonyl (C=O) groups excluding carboxylic acids is 2. The molecule has 2 amide bonds. The van der Waals surface area contributed by atoms with Crippen LogP contribution in [0.4, 0.5) is 4.79 Å². The van der Waals surface area contributed by atoms with Gasteiger partial charge in [-0.05, 0) is 60.0 Å². The maximum absolute atomic E-state index is 12.9. The summed E-state index contributed by atoms with van der Waals surface area (Å²) >= 11 is 13.0. The Bertz CT molecular complexity index is 1200. The van der Waals surface area contributed by atoms with Crippen LogP contribution in [-0.4, -0.2) is 22.6 Å². The molecule has 0 atom stereocenters. The maximum Gasteiger partial charge on any atom is 0.293 e. The highest BCUT2D eigenvalue weighted by Gasteiger charge is 2.34. The van der Waals surface area contributed by atoms with Gasteiger partial charge < -0.3 is 4.74 Å². The van der Waals surface area contributed by atoms with Crippen LogP contribution in [0.3, 0.4) is 0 Å². The molecule has 0 N–H and O–H groups in total. The van der Waals surface area contributed by atoms with Crippen molar-refractivity contribution in [3.63, 3.8) is 0 Å². The summed E-state index contributed by atoms with van der Waals surface area (Å²) in [4.78, 5) is 27.0. The smallest absolute Gasteiger partial charge is 0.293 e. The molecule has 1 aliphatic rings. The Hall–Kier alpha value is -2.73. The summed E-state index contributed by atoms with van der Waals surface area (Å²) in [5.41, 5.74) is 2.79. The zero-order chi connectivity index (χ0) is 23.2. The van der Waals surface area contributed by atoms with Gasteiger partial charge in [-0.25, -0.2) is 0 Å². The molecule has 7 heteroatoms. The van der Waals surface area contributed by atoms with Crippen molar-refractivity contribution in [1.29, 1.82) is 0 Å². The quantitative estimate of drug-likeness (QED) is 0.307. The zero-order valence-electron chi connectivity index (χ0n) is 17.7. The molecule has 33 heavy (non-hydrogen) atoms. The van der Waals surface area contributed by atoms with Crippen molar-refractivity contribution in [2.45, 2.75) is 19.4 Å². The van der Waals surface area contributed by atoms with Crippen molar-refractivity contribution < 1.29 is 14.3 Å². The second kappa shape index (κ2) is 10.9. The van der Waals surface area contributed by atoms with Gasteiger partial charge in [0.25, 0.3) is 11.1 Å². The van der Waals surface area contributed by atoms with Crippen LogP contribution in [0.5, 0.6) is 5.75 Å². The minimum Gasteiger partial charge on any atom is -0.488 e. The Balaban J connectivity index is 1.42. The average molecular weight is 498 g/mol. The van der Waals surface area contributed by atoms with Gasteiger partial charge in [-0.2, -0.15) is 0 Å². The van der Waals surface area contributed by atoms with Crippen LogP contribution < -0.4 is 4.74 Å². The van der Waals surface area contributed by atoms with E-state index in [0.29, 0.717) is 33.9 Å². The van der Waals surface area contributed by atoms with Crippen molar-refractivity contribution in [2.75, 3.05) is 6.54 Å². The Morgan fingerprint density at radius 3 is 2.42 bits per heavy atom. The first-order valence-electron chi connectivity index (χ1n) is 10.5. The number of hydrogen-bond donors (Lipinski definition) is 0. The molecular formula is C26H21Cl2NO3S. The first-order chi connectivity index (χ1) is 16.0. The second-order valence-electron chi connectivity index (χ2n) is 7.50. The van der Waals surface area contributed by atoms with Gasteiger partial charge in [-0.15, -0.1) is 0 Å². The number of hydrogen-bond acceptors (Lipinski definition) is 4.